The van der Waals surface area contributed by atoms with Crippen molar-refractivity contribution in [3.63, 3.8) is 0 Å². The third-order valence-electron chi connectivity index (χ3n) is 4.36. The summed E-state index contributed by atoms with van der Waals surface area (Å²) in [7, 11) is 1.56. The Bertz CT molecular complexity index is 1100. The van der Waals surface area contributed by atoms with Crippen molar-refractivity contribution in [1.82, 2.24) is 19.8 Å². The molecule has 0 aliphatic rings. The van der Waals surface area contributed by atoms with E-state index < -0.39 is 0 Å². The topological polar surface area (TPSA) is 83.5 Å². The quantitative estimate of drug-likeness (QED) is 0.254. The summed E-state index contributed by atoms with van der Waals surface area (Å²) in [6.45, 7) is 8.05. The van der Waals surface area contributed by atoms with Gasteiger partial charge < -0.3 is 9.57 Å². The van der Waals surface area contributed by atoms with Gasteiger partial charge in [0.1, 0.15) is 19.0 Å². The van der Waals surface area contributed by atoms with Crippen LogP contribution in [0.1, 0.15) is 23.6 Å². The first kappa shape index (κ1) is 20.1. The van der Waals surface area contributed by atoms with Gasteiger partial charge in [0.25, 0.3) is 0 Å². The van der Waals surface area contributed by atoms with E-state index in [0.717, 1.165) is 22.4 Å². The second-order valence-corrected chi connectivity index (χ2v) is 6.45. The van der Waals surface area contributed by atoms with Gasteiger partial charge >= 0.3 is 5.69 Å². The average molecular weight is 393 g/mol. The second kappa shape index (κ2) is 9.01. The molecule has 3 rings (SSSR count). The number of nitrogens with zero attached hydrogens (tertiary/aromatic N) is 5. The normalized spacial score (nSPS) is 11.3. The molecule has 0 unspecified atom stereocenters. The molecule has 0 aliphatic heterocycles. The van der Waals surface area contributed by atoms with Crippen LogP contribution in [0.15, 0.2) is 65.1 Å². The summed E-state index contributed by atoms with van der Waals surface area (Å²) in [5.74, 6) is 0.682. The van der Waals surface area contributed by atoms with Gasteiger partial charge in [0, 0.05) is 18.2 Å². The summed E-state index contributed by atoms with van der Waals surface area (Å²) in [5, 5.41) is 11.8. The van der Waals surface area contributed by atoms with Crippen LogP contribution in [0.3, 0.4) is 0 Å². The minimum Gasteiger partial charge on any atom is -0.489 e. The molecule has 0 spiro atoms. The van der Waals surface area contributed by atoms with Gasteiger partial charge in [0.15, 0.2) is 0 Å². The number of hydrogen-bond donors (Lipinski definition) is 0. The van der Waals surface area contributed by atoms with Gasteiger partial charge in [-0.3, -0.25) is 0 Å². The van der Waals surface area contributed by atoms with E-state index in [0.29, 0.717) is 18.0 Å². The highest BCUT2D eigenvalue weighted by atomic mass is 16.6. The Hall–Kier alpha value is -3.68. The summed E-state index contributed by atoms with van der Waals surface area (Å²) < 4.78 is 8.48. The van der Waals surface area contributed by atoms with Crippen LogP contribution < -0.4 is 10.4 Å². The number of ether oxygens (including phenoxy) is 1. The molecule has 0 amide bonds. The lowest BCUT2D eigenvalue weighted by molar-refractivity contribution is 0.175. The molecular weight excluding hydrogens is 370 g/mol. The smallest absolute Gasteiger partial charge is 0.368 e. The number of aromatic nitrogens is 4. The molecule has 0 aliphatic carbocycles. The fourth-order valence-corrected chi connectivity index (χ4v) is 2.74. The highest BCUT2D eigenvalue weighted by Crippen LogP contribution is 2.21. The summed E-state index contributed by atoms with van der Waals surface area (Å²) in [4.78, 5) is 17.4. The number of aryl methyl sites for hydroxylation is 2. The monoisotopic (exact) mass is 393 g/mol. The third-order valence-corrected chi connectivity index (χ3v) is 4.36. The predicted octanol–water partition coefficient (Wildman–Crippen LogP) is 2.78. The van der Waals surface area contributed by atoms with Crippen molar-refractivity contribution in [2.45, 2.75) is 20.5 Å². The highest BCUT2D eigenvalue weighted by Gasteiger charge is 2.13. The molecule has 29 heavy (non-hydrogen) atoms. The van der Waals surface area contributed by atoms with Crippen LogP contribution >= 0.6 is 0 Å². The van der Waals surface area contributed by atoms with E-state index in [-0.39, 0.29) is 12.3 Å². The van der Waals surface area contributed by atoms with Gasteiger partial charge in [-0.15, -0.1) is 0 Å². The molecule has 0 bridgehead atoms. The van der Waals surface area contributed by atoms with E-state index in [2.05, 4.69) is 22.2 Å². The van der Waals surface area contributed by atoms with Crippen molar-refractivity contribution in [3.05, 3.63) is 82.3 Å². The average Bonchev–Trinajstić information content (AvgIpc) is 3.05. The Balaban J connectivity index is 1.83. The van der Waals surface area contributed by atoms with E-state index in [1.807, 2.05) is 56.3 Å². The van der Waals surface area contributed by atoms with Gasteiger partial charge in [0.2, 0.25) is 0 Å². The van der Waals surface area contributed by atoms with Crippen LogP contribution in [0.25, 0.3) is 5.69 Å². The summed E-state index contributed by atoms with van der Waals surface area (Å²) >= 11 is 0. The maximum atomic E-state index is 12.3. The molecule has 0 saturated heterocycles. The predicted molar refractivity (Wildman–Crippen MR) is 110 cm³/mol. The molecule has 150 valence electrons. The van der Waals surface area contributed by atoms with Crippen LogP contribution in [0.2, 0.25) is 0 Å². The Kier molecular flexibility index (Phi) is 6.23. The maximum absolute atomic E-state index is 12.3. The molecule has 1 heterocycles. The molecule has 0 atom stereocenters. The number of rotatable bonds is 8. The number of oxime groups is 1. The first-order chi connectivity index (χ1) is 14.0. The zero-order valence-corrected chi connectivity index (χ0v) is 16.7. The summed E-state index contributed by atoms with van der Waals surface area (Å²) in [6.07, 6.45) is 1.64. The Labute approximate surface area is 168 Å². The van der Waals surface area contributed by atoms with E-state index >= 15 is 0 Å². The minimum atomic E-state index is -0.315. The largest absolute Gasteiger partial charge is 0.489 e. The van der Waals surface area contributed by atoms with Crippen molar-refractivity contribution in [2.24, 2.45) is 12.2 Å². The van der Waals surface area contributed by atoms with Crippen molar-refractivity contribution < 1.29 is 9.57 Å². The molecule has 0 radical (unpaired) electrons. The van der Waals surface area contributed by atoms with Gasteiger partial charge in [-0.05, 0) is 48.0 Å². The van der Waals surface area contributed by atoms with E-state index in [1.165, 1.54) is 9.36 Å². The summed E-state index contributed by atoms with van der Waals surface area (Å²) in [5.41, 5.74) is 3.81. The molecular formula is C21H23N5O3. The maximum Gasteiger partial charge on any atom is 0.368 e. The van der Waals surface area contributed by atoms with E-state index in [1.54, 1.807) is 13.1 Å². The van der Waals surface area contributed by atoms with Gasteiger partial charge in [0.05, 0.1) is 11.4 Å². The first-order valence-electron chi connectivity index (χ1n) is 9.10. The molecule has 0 fully saturated rings. The standard InChI is InChI=1S/C21H23N5O3/c1-5-12-29-22-16(3)17-9-7-10-18(13-17)28-14-19-15(2)8-6-11-20(19)26-21(27)25(4)23-24-26/h5-11,13H,1,12,14H2,2-4H3. The fourth-order valence-electron chi connectivity index (χ4n) is 2.74. The van der Waals surface area contributed by atoms with Crippen molar-refractivity contribution in [1.29, 1.82) is 0 Å². The Morgan fingerprint density at radius 3 is 2.76 bits per heavy atom. The van der Waals surface area contributed by atoms with Crippen molar-refractivity contribution >= 4 is 5.71 Å². The SMILES string of the molecule is C=CCON=C(C)c1cccc(OCc2c(C)cccc2-n2nnn(C)c2=O)c1. The van der Waals surface area contributed by atoms with Gasteiger partial charge in [-0.1, -0.05) is 42.1 Å². The van der Waals surface area contributed by atoms with E-state index in [9.17, 15) is 4.79 Å². The van der Waals surface area contributed by atoms with Crippen LogP contribution in [0.4, 0.5) is 0 Å². The third kappa shape index (κ3) is 4.60. The minimum absolute atomic E-state index is 0.275. The highest BCUT2D eigenvalue weighted by molar-refractivity contribution is 5.98. The van der Waals surface area contributed by atoms with Gasteiger partial charge in [-0.25, -0.2) is 4.79 Å². The lowest BCUT2D eigenvalue weighted by Gasteiger charge is -2.13. The number of tetrazole rings is 1. The van der Waals surface area contributed by atoms with Crippen molar-refractivity contribution in [2.75, 3.05) is 6.61 Å². The fraction of sp³-hybridized carbons (Fsp3) is 0.238. The lowest BCUT2D eigenvalue weighted by Crippen LogP contribution is -2.23. The first-order valence-corrected chi connectivity index (χ1v) is 9.10. The molecule has 2 aromatic carbocycles. The zero-order chi connectivity index (χ0) is 20.8. The summed E-state index contributed by atoms with van der Waals surface area (Å²) in [6, 6.07) is 13.2. The molecule has 3 aromatic rings. The molecule has 8 nitrogen and oxygen atoms in total. The molecule has 0 N–H and O–H groups in total. The van der Waals surface area contributed by atoms with E-state index in [4.69, 9.17) is 9.57 Å². The van der Waals surface area contributed by atoms with Crippen molar-refractivity contribution in [3.8, 4) is 11.4 Å². The van der Waals surface area contributed by atoms with Crippen LogP contribution in [0.5, 0.6) is 5.75 Å². The van der Waals surface area contributed by atoms with Gasteiger partial charge in [-0.2, -0.15) is 9.36 Å². The van der Waals surface area contributed by atoms with Crippen LogP contribution in [-0.2, 0) is 18.5 Å². The zero-order valence-electron chi connectivity index (χ0n) is 16.7. The second-order valence-electron chi connectivity index (χ2n) is 6.45. The Morgan fingerprint density at radius 1 is 1.24 bits per heavy atom. The Morgan fingerprint density at radius 2 is 2.03 bits per heavy atom. The molecule has 8 heteroatoms. The number of benzene rings is 2. The van der Waals surface area contributed by atoms with Crippen LogP contribution in [0, 0.1) is 6.92 Å². The molecule has 1 aromatic heterocycles. The van der Waals surface area contributed by atoms with Crippen LogP contribution in [-0.4, -0.2) is 32.1 Å². The molecule has 0 saturated carbocycles. The number of hydrogen-bond acceptors (Lipinski definition) is 6. The lowest BCUT2D eigenvalue weighted by atomic mass is 10.1.